The summed E-state index contributed by atoms with van der Waals surface area (Å²) in [6.45, 7) is 14.0. The van der Waals surface area contributed by atoms with E-state index in [-0.39, 0.29) is 11.5 Å². The molecule has 0 fully saturated rings. The van der Waals surface area contributed by atoms with E-state index in [1.54, 1.807) is 4.57 Å². The minimum Gasteiger partial charge on any atom is -0.466 e. The van der Waals surface area contributed by atoms with Gasteiger partial charge in [-0.05, 0) is 50.1 Å². The Morgan fingerprint density at radius 2 is 1.65 bits per heavy atom. The number of hydrogen-bond donors (Lipinski definition) is 0. The van der Waals surface area contributed by atoms with Gasteiger partial charge in [0.1, 0.15) is 5.52 Å². The first-order valence-electron chi connectivity index (χ1n) is 7.84. The fraction of sp³-hybridized carbons (Fsp3) is 0.529. The fourth-order valence-electron chi connectivity index (χ4n) is 2.55. The number of fused-ring (bicyclic) bond motifs is 1. The smallest absolute Gasteiger partial charge is 0.348 e. The number of aromatic nitrogens is 2. The van der Waals surface area contributed by atoms with E-state index < -0.39 is 20.2 Å². The van der Waals surface area contributed by atoms with Gasteiger partial charge < -0.3 is 4.53 Å². The van der Waals surface area contributed by atoms with Gasteiger partial charge in [0.2, 0.25) is 0 Å². The maximum Gasteiger partial charge on any atom is 0.348 e. The van der Waals surface area contributed by atoms with Gasteiger partial charge in [0, 0.05) is 6.04 Å². The van der Waals surface area contributed by atoms with Crippen LogP contribution in [0, 0.1) is 0 Å². The molecule has 0 saturated carbocycles. The Morgan fingerprint density at radius 3 is 2.13 bits per heavy atom. The highest BCUT2D eigenvalue weighted by molar-refractivity contribution is 6.48. The molecule has 0 saturated heterocycles. The zero-order valence-electron chi connectivity index (χ0n) is 14.9. The van der Waals surface area contributed by atoms with Crippen LogP contribution in [0.1, 0.15) is 46.2 Å². The molecular formula is C17H25N2O3Si. The number of benzene rings is 1. The van der Waals surface area contributed by atoms with Crippen LogP contribution >= 0.6 is 0 Å². The molecule has 1 aromatic heterocycles. The Hall–Kier alpha value is -1.82. The van der Waals surface area contributed by atoms with E-state index >= 15 is 0 Å². The van der Waals surface area contributed by atoms with Crippen molar-refractivity contribution in [3.05, 3.63) is 44.5 Å². The number of nitrogens with zero attached hydrogens (tertiary/aromatic N) is 2. The second-order valence-corrected chi connectivity index (χ2v) is 9.32. The first-order valence-corrected chi connectivity index (χ1v) is 10.2. The van der Waals surface area contributed by atoms with Crippen molar-refractivity contribution in [3.8, 4) is 0 Å². The molecule has 0 aliphatic heterocycles. The first kappa shape index (κ1) is 17.5. The standard InChI is InChI=1S/C17H25N2O3Si/c1-11(2)18-14-10-12(17(3,4)5)8-9-13(14)19(22-23(6)7)16(21)15(18)20/h8-11H,1-7H3. The number of rotatable bonds is 3. The third kappa shape index (κ3) is 3.27. The molecule has 6 heteroatoms. The molecule has 0 aliphatic rings. The van der Waals surface area contributed by atoms with Crippen LogP contribution in [-0.2, 0) is 5.41 Å². The Bertz CT molecular complexity index is 842. The van der Waals surface area contributed by atoms with E-state index in [0.29, 0.717) is 5.52 Å². The van der Waals surface area contributed by atoms with Crippen LogP contribution in [0.3, 0.4) is 0 Å². The summed E-state index contributed by atoms with van der Waals surface area (Å²) >= 11 is 0. The number of hydrogen-bond acceptors (Lipinski definition) is 3. The van der Waals surface area contributed by atoms with E-state index in [1.807, 2.05) is 45.1 Å². The largest absolute Gasteiger partial charge is 0.466 e. The molecule has 2 rings (SSSR count). The summed E-state index contributed by atoms with van der Waals surface area (Å²) in [5, 5.41) is 0. The van der Waals surface area contributed by atoms with Crippen LogP contribution in [0.25, 0.3) is 11.0 Å². The van der Waals surface area contributed by atoms with Crippen LogP contribution < -0.4 is 15.6 Å². The molecule has 0 spiro atoms. The van der Waals surface area contributed by atoms with E-state index in [1.165, 1.54) is 4.73 Å². The van der Waals surface area contributed by atoms with Crippen molar-refractivity contribution >= 4 is 20.1 Å². The van der Waals surface area contributed by atoms with E-state index in [2.05, 4.69) is 20.8 Å². The lowest BCUT2D eigenvalue weighted by molar-refractivity contribution is 0.278. The molecule has 0 bridgehead atoms. The molecule has 23 heavy (non-hydrogen) atoms. The molecule has 0 atom stereocenters. The maximum atomic E-state index is 12.5. The lowest BCUT2D eigenvalue weighted by atomic mass is 9.87. The van der Waals surface area contributed by atoms with Crippen molar-refractivity contribution in [2.24, 2.45) is 0 Å². The molecule has 0 aliphatic carbocycles. The molecule has 1 aromatic carbocycles. The monoisotopic (exact) mass is 333 g/mol. The van der Waals surface area contributed by atoms with E-state index in [0.717, 1.165) is 11.1 Å². The summed E-state index contributed by atoms with van der Waals surface area (Å²) in [5.74, 6) is 0. The van der Waals surface area contributed by atoms with Gasteiger partial charge in [-0.1, -0.05) is 26.8 Å². The molecule has 1 radical (unpaired) electrons. The maximum absolute atomic E-state index is 12.5. The van der Waals surface area contributed by atoms with Crippen molar-refractivity contribution in [3.63, 3.8) is 0 Å². The quantitative estimate of drug-likeness (QED) is 0.641. The lowest BCUT2D eigenvalue weighted by Crippen LogP contribution is -2.46. The molecule has 0 N–H and O–H groups in total. The predicted molar refractivity (Wildman–Crippen MR) is 95.6 cm³/mol. The molecule has 0 amide bonds. The van der Waals surface area contributed by atoms with Gasteiger partial charge in [0.25, 0.3) is 0 Å². The van der Waals surface area contributed by atoms with Crippen LogP contribution in [0.15, 0.2) is 27.8 Å². The summed E-state index contributed by atoms with van der Waals surface area (Å²) in [4.78, 5) is 25.0. The van der Waals surface area contributed by atoms with Gasteiger partial charge >= 0.3 is 20.2 Å². The summed E-state index contributed by atoms with van der Waals surface area (Å²) < 4.78 is 8.43. The molecule has 2 aromatic rings. The Morgan fingerprint density at radius 1 is 1.04 bits per heavy atom. The van der Waals surface area contributed by atoms with Crippen LogP contribution in [0.5, 0.6) is 0 Å². The van der Waals surface area contributed by atoms with Gasteiger partial charge in [-0.15, -0.1) is 0 Å². The van der Waals surface area contributed by atoms with Gasteiger partial charge in [0.15, 0.2) is 0 Å². The topological polar surface area (TPSA) is 53.2 Å². The fourth-order valence-corrected chi connectivity index (χ4v) is 3.10. The summed E-state index contributed by atoms with van der Waals surface area (Å²) in [7, 11) is -1.17. The summed E-state index contributed by atoms with van der Waals surface area (Å²) in [5.41, 5.74) is 1.28. The highest BCUT2D eigenvalue weighted by atomic mass is 28.3. The van der Waals surface area contributed by atoms with Gasteiger partial charge in [-0.2, -0.15) is 4.73 Å². The molecular weight excluding hydrogens is 308 g/mol. The van der Waals surface area contributed by atoms with Crippen molar-refractivity contribution in [1.82, 2.24) is 9.30 Å². The second kappa shape index (κ2) is 6.00. The molecule has 5 nitrogen and oxygen atoms in total. The molecule has 125 valence electrons. The lowest BCUT2D eigenvalue weighted by Gasteiger charge is -2.23. The highest BCUT2D eigenvalue weighted by Gasteiger charge is 2.20. The van der Waals surface area contributed by atoms with E-state index in [4.69, 9.17) is 4.53 Å². The average Bonchev–Trinajstić information content (AvgIpc) is 2.41. The normalized spacial score (nSPS) is 12.4. The molecule has 0 unspecified atom stereocenters. The third-order valence-electron chi connectivity index (χ3n) is 3.70. The average molecular weight is 333 g/mol. The highest BCUT2D eigenvalue weighted by Crippen LogP contribution is 2.26. The first-order chi connectivity index (χ1) is 10.5. The Labute approximate surface area is 138 Å². The van der Waals surface area contributed by atoms with Crippen molar-refractivity contribution < 1.29 is 4.53 Å². The van der Waals surface area contributed by atoms with Crippen molar-refractivity contribution in [1.29, 1.82) is 0 Å². The minimum absolute atomic E-state index is 0.0433. The Kier molecular flexibility index (Phi) is 4.57. The van der Waals surface area contributed by atoms with Crippen LogP contribution in [0.2, 0.25) is 13.1 Å². The summed E-state index contributed by atoms with van der Waals surface area (Å²) in [6, 6.07) is 5.76. The Balaban J connectivity index is 2.96. The van der Waals surface area contributed by atoms with Gasteiger partial charge in [-0.3, -0.25) is 14.2 Å². The predicted octanol–water partition coefficient (Wildman–Crippen LogP) is 2.72. The minimum atomic E-state index is -1.17. The second-order valence-electron chi connectivity index (χ2n) is 7.32. The van der Waals surface area contributed by atoms with Crippen LogP contribution in [-0.4, -0.2) is 18.3 Å². The van der Waals surface area contributed by atoms with Crippen molar-refractivity contribution in [2.75, 3.05) is 0 Å². The van der Waals surface area contributed by atoms with Gasteiger partial charge in [-0.25, -0.2) is 0 Å². The summed E-state index contributed by atoms with van der Waals surface area (Å²) in [6.07, 6.45) is 0. The van der Waals surface area contributed by atoms with Gasteiger partial charge in [0.05, 0.1) is 5.52 Å². The zero-order valence-corrected chi connectivity index (χ0v) is 15.9. The van der Waals surface area contributed by atoms with E-state index in [9.17, 15) is 9.59 Å². The SMILES string of the molecule is CC(C)n1c(=O)c(=O)n(O[Si](C)C)c2ccc(C(C)(C)C)cc21. The van der Waals surface area contributed by atoms with Crippen molar-refractivity contribution in [2.45, 2.75) is 59.2 Å². The zero-order chi connectivity index (χ0) is 17.5. The van der Waals surface area contributed by atoms with Crippen LogP contribution in [0.4, 0.5) is 0 Å². The molecule has 1 heterocycles. The third-order valence-corrected chi connectivity index (χ3v) is 4.24.